The van der Waals surface area contributed by atoms with Crippen LogP contribution in [0.2, 0.25) is 0 Å². The van der Waals surface area contributed by atoms with Gasteiger partial charge in [-0.05, 0) is 49.9 Å². The molecule has 1 heteroatoms. The molecule has 2 aliphatic rings. The lowest BCUT2D eigenvalue weighted by Gasteiger charge is -2.32. The minimum Gasteiger partial charge on any atom is -0.198 e. The molecular formula is C15H25N. The van der Waals surface area contributed by atoms with Crippen LogP contribution in [0.3, 0.4) is 0 Å². The minimum absolute atomic E-state index is 0.377. The molecule has 0 aromatic rings. The molecule has 0 bridgehead atoms. The zero-order chi connectivity index (χ0) is 11.4. The van der Waals surface area contributed by atoms with Gasteiger partial charge in [0.2, 0.25) is 0 Å². The predicted octanol–water partition coefficient (Wildman–Crippen LogP) is 4.53. The molecule has 0 saturated heterocycles. The molecule has 0 unspecified atom stereocenters. The first kappa shape index (κ1) is 12.0. The molecule has 0 aliphatic heterocycles. The molecule has 2 saturated carbocycles. The number of nitrogens with zero attached hydrogens (tertiary/aromatic N) is 1. The number of hydrogen-bond donors (Lipinski definition) is 0. The molecule has 1 nitrogen and oxygen atoms in total. The van der Waals surface area contributed by atoms with E-state index in [0.29, 0.717) is 5.92 Å². The van der Waals surface area contributed by atoms with Gasteiger partial charge in [0, 0.05) is 5.92 Å². The topological polar surface area (TPSA) is 23.8 Å². The van der Waals surface area contributed by atoms with Gasteiger partial charge >= 0.3 is 0 Å². The van der Waals surface area contributed by atoms with E-state index in [2.05, 4.69) is 13.0 Å². The van der Waals surface area contributed by atoms with E-state index in [4.69, 9.17) is 5.26 Å². The molecule has 90 valence electrons. The van der Waals surface area contributed by atoms with Crippen molar-refractivity contribution >= 4 is 0 Å². The number of rotatable bonds is 2. The van der Waals surface area contributed by atoms with Crippen molar-refractivity contribution in [3.8, 4) is 6.07 Å². The Labute approximate surface area is 100 Å². The smallest absolute Gasteiger partial charge is 0.0655 e. The molecule has 0 aromatic heterocycles. The van der Waals surface area contributed by atoms with Crippen LogP contribution in [-0.4, -0.2) is 0 Å². The number of nitriles is 1. The average molecular weight is 219 g/mol. The van der Waals surface area contributed by atoms with Gasteiger partial charge in [0.25, 0.3) is 0 Å². The first-order valence-electron chi connectivity index (χ1n) is 7.17. The summed E-state index contributed by atoms with van der Waals surface area (Å²) in [5, 5.41) is 8.88. The van der Waals surface area contributed by atoms with Gasteiger partial charge in [-0.15, -0.1) is 0 Å². The molecule has 0 heterocycles. The Bertz CT molecular complexity index is 237. The van der Waals surface area contributed by atoms with Crippen LogP contribution < -0.4 is 0 Å². The fraction of sp³-hybridized carbons (Fsp3) is 0.933. The Hall–Kier alpha value is -0.510. The summed E-state index contributed by atoms with van der Waals surface area (Å²) < 4.78 is 0. The highest BCUT2D eigenvalue weighted by atomic mass is 14.3. The van der Waals surface area contributed by atoms with Crippen LogP contribution in [0.5, 0.6) is 0 Å². The fourth-order valence-electron chi connectivity index (χ4n) is 3.56. The van der Waals surface area contributed by atoms with Crippen molar-refractivity contribution in [2.75, 3.05) is 0 Å². The van der Waals surface area contributed by atoms with Gasteiger partial charge in [0.15, 0.2) is 0 Å². The van der Waals surface area contributed by atoms with Crippen molar-refractivity contribution in [3.05, 3.63) is 0 Å². The van der Waals surface area contributed by atoms with E-state index in [1.165, 1.54) is 57.8 Å². The van der Waals surface area contributed by atoms with E-state index in [1.54, 1.807) is 0 Å². The van der Waals surface area contributed by atoms with Gasteiger partial charge in [0.05, 0.1) is 6.07 Å². The van der Waals surface area contributed by atoms with Gasteiger partial charge in [0.1, 0.15) is 0 Å². The lowest BCUT2D eigenvalue weighted by molar-refractivity contribution is 0.208. The van der Waals surface area contributed by atoms with Gasteiger partial charge in [-0.3, -0.25) is 0 Å². The van der Waals surface area contributed by atoms with Gasteiger partial charge in [-0.1, -0.05) is 32.6 Å². The van der Waals surface area contributed by atoms with Crippen LogP contribution in [0, 0.1) is 35.0 Å². The van der Waals surface area contributed by atoms with Crippen molar-refractivity contribution in [3.63, 3.8) is 0 Å². The summed E-state index contributed by atoms with van der Waals surface area (Å²) >= 11 is 0. The fourth-order valence-corrected chi connectivity index (χ4v) is 3.56. The lowest BCUT2D eigenvalue weighted by atomic mass is 9.74. The molecule has 2 aliphatic carbocycles. The van der Waals surface area contributed by atoms with Crippen LogP contribution in [-0.2, 0) is 0 Å². The third kappa shape index (κ3) is 3.24. The predicted molar refractivity (Wildman–Crippen MR) is 66.8 cm³/mol. The summed E-state index contributed by atoms with van der Waals surface area (Å²) in [6.07, 6.45) is 12.3. The summed E-state index contributed by atoms with van der Waals surface area (Å²) in [6, 6.07) is 2.43. The Morgan fingerprint density at radius 2 is 1.38 bits per heavy atom. The number of hydrogen-bond acceptors (Lipinski definition) is 1. The average Bonchev–Trinajstić information content (AvgIpc) is 2.33. The van der Waals surface area contributed by atoms with E-state index < -0.39 is 0 Å². The molecule has 0 radical (unpaired) electrons. The molecule has 0 amide bonds. The second kappa shape index (κ2) is 5.71. The Morgan fingerprint density at radius 1 is 0.875 bits per heavy atom. The summed E-state index contributed by atoms with van der Waals surface area (Å²) in [7, 11) is 0. The maximum absolute atomic E-state index is 8.88. The third-order valence-electron chi connectivity index (χ3n) is 4.83. The zero-order valence-electron chi connectivity index (χ0n) is 10.6. The highest BCUT2D eigenvalue weighted by molar-refractivity contribution is 4.87. The summed E-state index contributed by atoms with van der Waals surface area (Å²) in [5.74, 6) is 3.32. The molecule has 0 spiro atoms. The second-order valence-corrected chi connectivity index (χ2v) is 6.21. The summed E-state index contributed by atoms with van der Waals surface area (Å²) in [4.78, 5) is 0. The van der Waals surface area contributed by atoms with Crippen molar-refractivity contribution in [1.29, 1.82) is 5.26 Å². The first-order chi connectivity index (χ1) is 7.78. The summed E-state index contributed by atoms with van der Waals surface area (Å²) in [5.41, 5.74) is 0. The van der Waals surface area contributed by atoms with Crippen LogP contribution in [0.4, 0.5) is 0 Å². The van der Waals surface area contributed by atoms with Gasteiger partial charge in [-0.2, -0.15) is 5.26 Å². The van der Waals surface area contributed by atoms with Gasteiger partial charge in [-0.25, -0.2) is 0 Å². The maximum atomic E-state index is 8.88. The minimum atomic E-state index is 0.377. The first-order valence-corrected chi connectivity index (χ1v) is 7.17. The van der Waals surface area contributed by atoms with E-state index >= 15 is 0 Å². The second-order valence-electron chi connectivity index (χ2n) is 6.21. The molecule has 16 heavy (non-hydrogen) atoms. The van der Waals surface area contributed by atoms with Gasteiger partial charge < -0.3 is 0 Å². The highest BCUT2D eigenvalue weighted by Crippen LogP contribution is 2.37. The molecule has 0 atom stereocenters. The summed E-state index contributed by atoms with van der Waals surface area (Å²) in [6.45, 7) is 2.40. The largest absolute Gasteiger partial charge is 0.198 e. The third-order valence-corrected chi connectivity index (χ3v) is 4.83. The standard InChI is InChI=1S/C15H25N/c1-12-2-4-13(5-3-12)10-14-6-8-15(11-16)9-7-14/h12-15H,2-10H2,1H3. The molecule has 0 aromatic carbocycles. The zero-order valence-corrected chi connectivity index (χ0v) is 10.6. The van der Waals surface area contributed by atoms with E-state index in [-0.39, 0.29) is 0 Å². The van der Waals surface area contributed by atoms with Crippen LogP contribution in [0.1, 0.15) is 64.7 Å². The van der Waals surface area contributed by atoms with Crippen LogP contribution in [0.15, 0.2) is 0 Å². The Kier molecular flexibility index (Phi) is 4.27. The van der Waals surface area contributed by atoms with E-state index in [0.717, 1.165) is 17.8 Å². The SMILES string of the molecule is CC1CCC(CC2CCC(C#N)CC2)CC1. The van der Waals surface area contributed by atoms with Crippen LogP contribution >= 0.6 is 0 Å². The quantitative estimate of drug-likeness (QED) is 0.669. The van der Waals surface area contributed by atoms with Crippen molar-refractivity contribution < 1.29 is 0 Å². The van der Waals surface area contributed by atoms with Crippen molar-refractivity contribution in [2.24, 2.45) is 23.7 Å². The Balaban J connectivity index is 1.69. The highest BCUT2D eigenvalue weighted by Gasteiger charge is 2.25. The van der Waals surface area contributed by atoms with E-state index in [9.17, 15) is 0 Å². The monoisotopic (exact) mass is 219 g/mol. The Morgan fingerprint density at radius 3 is 1.88 bits per heavy atom. The molecule has 2 fully saturated rings. The van der Waals surface area contributed by atoms with Crippen molar-refractivity contribution in [1.82, 2.24) is 0 Å². The maximum Gasteiger partial charge on any atom is 0.0655 e. The lowest BCUT2D eigenvalue weighted by Crippen LogP contribution is -2.19. The molecule has 2 rings (SSSR count). The van der Waals surface area contributed by atoms with Crippen LogP contribution in [0.25, 0.3) is 0 Å². The molecule has 0 N–H and O–H groups in total. The van der Waals surface area contributed by atoms with Crippen molar-refractivity contribution in [2.45, 2.75) is 64.7 Å². The molecular weight excluding hydrogens is 194 g/mol. The normalized spacial score (nSPS) is 40.2. The van der Waals surface area contributed by atoms with E-state index in [1.807, 2.05) is 0 Å².